The van der Waals surface area contributed by atoms with E-state index >= 15 is 0 Å². The zero-order valence-corrected chi connectivity index (χ0v) is 8.86. The van der Waals surface area contributed by atoms with Gasteiger partial charge in [0, 0.05) is 5.92 Å². The normalized spacial score (nSPS) is 11.1. The summed E-state index contributed by atoms with van der Waals surface area (Å²) in [6, 6.07) is 7.52. The molecule has 0 saturated heterocycles. The van der Waals surface area contributed by atoms with Crippen molar-refractivity contribution in [2.75, 3.05) is 0 Å². The molecule has 3 nitrogen and oxygen atoms in total. The fourth-order valence-electron chi connectivity index (χ4n) is 1.35. The Morgan fingerprint density at radius 1 is 1.40 bits per heavy atom. The van der Waals surface area contributed by atoms with Crippen LogP contribution in [0.4, 0.5) is 0 Å². The molecule has 0 atom stereocenters. The van der Waals surface area contributed by atoms with Crippen LogP contribution in [0.15, 0.2) is 28.7 Å². The molecule has 0 aliphatic rings. The molecule has 0 unspecified atom stereocenters. The molecule has 3 heteroatoms. The lowest BCUT2D eigenvalue weighted by molar-refractivity contribution is -0.121. The maximum absolute atomic E-state index is 11.5. The van der Waals surface area contributed by atoms with Gasteiger partial charge in [-0.1, -0.05) is 26.0 Å². The summed E-state index contributed by atoms with van der Waals surface area (Å²) < 4.78 is 5.46. The zero-order chi connectivity index (χ0) is 10.8. The first-order valence-corrected chi connectivity index (χ1v) is 5.04. The Kier molecular flexibility index (Phi) is 2.54. The van der Waals surface area contributed by atoms with Crippen LogP contribution in [0.2, 0.25) is 0 Å². The number of carbonyl (C=O) groups excluding carboxylic acids is 1. The minimum absolute atomic E-state index is 0.0278. The number of hydrogen-bond donors (Lipinski definition) is 0. The Hall–Kier alpha value is -1.64. The lowest BCUT2D eigenvalue weighted by atomic mass is 10.1. The van der Waals surface area contributed by atoms with Gasteiger partial charge >= 0.3 is 0 Å². The van der Waals surface area contributed by atoms with Crippen LogP contribution in [0.3, 0.4) is 0 Å². The summed E-state index contributed by atoms with van der Waals surface area (Å²) in [6.45, 7) is 3.76. The highest BCUT2D eigenvalue weighted by Crippen LogP contribution is 2.15. The predicted octanol–water partition coefficient (Wildman–Crippen LogP) is 2.60. The van der Waals surface area contributed by atoms with Crippen molar-refractivity contribution in [3.05, 3.63) is 30.2 Å². The molecule has 0 aliphatic heterocycles. The SMILES string of the molecule is CC(C)C(=O)Cc1nc2ccccc2o1. The van der Waals surface area contributed by atoms with E-state index in [0.29, 0.717) is 5.89 Å². The van der Waals surface area contributed by atoms with Crippen LogP contribution >= 0.6 is 0 Å². The zero-order valence-electron chi connectivity index (χ0n) is 8.86. The van der Waals surface area contributed by atoms with Gasteiger partial charge in [-0.05, 0) is 12.1 Å². The van der Waals surface area contributed by atoms with Gasteiger partial charge in [0.15, 0.2) is 5.58 Å². The summed E-state index contributed by atoms with van der Waals surface area (Å²) in [5.41, 5.74) is 1.55. The molecule has 1 heterocycles. The van der Waals surface area contributed by atoms with Gasteiger partial charge in [-0.2, -0.15) is 0 Å². The maximum Gasteiger partial charge on any atom is 0.202 e. The monoisotopic (exact) mass is 203 g/mol. The Morgan fingerprint density at radius 2 is 2.13 bits per heavy atom. The van der Waals surface area contributed by atoms with E-state index in [2.05, 4.69) is 4.98 Å². The smallest absolute Gasteiger partial charge is 0.202 e. The summed E-state index contributed by atoms with van der Waals surface area (Å²) in [7, 11) is 0. The number of fused-ring (bicyclic) bond motifs is 1. The number of para-hydroxylation sites is 2. The van der Waals surface area contributed by atoms with E-state index in [4.69, 9.17) is 4.42 Å². The van der Waals surface area contributed by atoms with E-state index in [-0.39, 0.29) is 18.1 Å². The predicted molar refractivity (Wildman–Crippen MR) is 57.6 cm³/mol. The van der Waals surface area contributed by atoms with E-state index < -0.39 is 0 Å². The number of Topliss-reactive ketones (excluding diaryl/α,β-unsaturated/α-hetero) is 1. The first kappa shape index (κ1) is 9.90. The molecular weight excluding hydrogens is 190 g/mol. The van der Waals surface area contributed by atoms with Gasteiger partial charge < -0.3 is 4.42 Å². The molecule has 0 aliphatic carbocycles. The van der Waals surface area contributed by atoms with Crippen molar-refractivity contribution in [1.29, 1.82) is 0 Å². The summed E-state index contributed by atoms with van der Waals surface area (Å²) in [6.07, 6.45) is 0.284. The van der Waals surface area contributed by atoms with Gasteiger partial charge in [0.1, 0.15) is 11.3 Å². The van der Waals surface area contributed by atoms with Crippen molar-refractivity contribution >= 4 is 16.9 Å². The highest BCUT2D eigenvalue weighted by molar-refractivity contribution is 5.82. The molecule has 0 N–H and O–H groups in total. The van der Waals surface area contributed by atoms with E-state index in [0.717, 1.165) is 11.1 Å². The number of hydrogen-bond acceptors (Lipinski definition) is 3. The molecule has 0 radical (unpaired) electrons. The average molecular weight is 203 g/mol. The second kappa shape index (κ2) is 3.85. The lowest BCUT2D eigenvalue weighted by Gasteiger charge is -1.99. The molecule has 2 rings (SSSR count). The molecule has 1 aromatic heterocycles. The van der Waals surface area contributed by atoms with E-state index in [9.17, 15) is 4.79 Å². The van der Waals surface area contributed by atoms with Gasteiger partial charge in [0.05, 0.1) is 6.42 Å². The fourth-order valence-corrected chi connectivity index (χ4v) is 1.35. The molecule has 0 amide bonds. The molecule has 0 fully saturated rings. The van der Waals surface area contributed by atoms with Gasteiger partial charge in [-0.3, -0.25) is 4.79 Å². The number of nitrogens with zero attached hydrogens (tertiary/aromatic N) is 1. The van der Waals surface area contributed by atoms with E-state index in [1.165, 1.54) is 0 Å². The highest BCUT2D eigenvalue weighted by atomic mass is 16.3. The number of oxazole rings is 1. The third-order valence-electron chi connectivity index (χ3n) is 2.31. The second-order valence-electron chi connectivity index (χ2n) is 3.87. The molecule has 78 valence electrons. The lowest BCUT2D eigenvalue weighted by Crippen LogP contribution is -2.10. The quantitative estimate of drug-likeness (QED) is 0.770. The van der Waals surface area contributed by atoms with Gasteiger partial charge in [0.25, 0.3) is 0 Å². The van der Waals surface area contributed by atoms with Crippen LogP contribution in [0.5, 0.6) is 0 Å². The van der Waals surface area contributed by atoms with Crippen molar-refractivity contribution in [2.24, 2.45) is 5.92 Å². The molecule has 15 heavy (non-hydrogen) atoms. The van der Waals surface area contributed by atoms with Crippen LogP contribution in [0, 0.1) is 5.92 Å². The third-order valence-corrected chi connectivity index (χ3v) is 2.31. The van der Waals surface area contributed by atoms with Crippen molar-refractivity contribution in [2.45, 2.75) is 20.3 Å². The van der Waals surface area contributed by atoms with Gasteiger partial charge in [-0.25, -0.2) is 4.98 Å². The minimum Gasteiger partial charge on any atom is -0.440 e. The van der Waals surface area contributed by atoms with E-state index in [1.54, 1.807) is 0 Å². The number of aromatic nitrogens is 1. The second-order valence-corrected chi connectivity index (χ2v) is 3.87. The maximum atomic E-state index is 11.5. The van der Waals surface area contributed by atoms with Crippen molar-refractivity contribution in [3.63, 3.8) is 0 Å². The van der Waals surface area contributed by atoms with Crippen molar-refractivity contribution < 1.29 is 9.21 Å². The average Bonchev–Trinajstić information content (AvgIpc) is 2.59. The topological polar surface area (TPSA) is 43.1 Å². The summed E-state index contributed by atoms with van der Waals surface area (Å²) in [4.78, 5) is 15.7. The van der Waals surface area contributed by atoms with Gasteiger partial charge in [0.2, 0.25) is 5.89 Å². The molecule has 0 spiro atoms. The first-order valence-electron chi connectivity index (χ1n) is 5.04. The molecule has 0 saturated carbocycles. The van der Waals surface area contributed by atoms with Gasteiger partial charge in [-0.15, -0.1) is 0 Å². The molecule has 2 aromatic rings. The number of rotatable bonds is 3. The van der Waals surface area contributed by atoms with Crippen LogP contribution in [0.25, 0.3) is 11.1 Å². The minimum atomic E-state index is 0.0278. The Bertz CT molecular complexity index is 452. The Balaban J connectivity index is 2.26. The van der Waals surface area contributed by atoms with Crippen LogP contribution in [-0.4, -0.2) is 10.8 Å². The number of carbonyl (C=O) groups is 1. The fraction of sp³-hybridized carbons (Fsp3) is 0.333. The third kappa shape index (κ3) is 2.06. The first-order chi connectivity index (χ1) is 7.16. The summed E-state index contributed by atoms with van der Waals surface area (Å²) >= 11 is 0. The summed E-state index contributed by atoms with van der Waals surface area (Å²) in [5, 5.41) is 0. The van der Waals surface area contributed by atoms with Crippen molar-refractivity contribution in [3.8, 4) is 0 Å². The Morgan fingerprint density at radius 3 is 2.80 bits per heavy atom. The van der Waals surface area contributed by atoms with Crippen LogP contribution < -0.4 is 0 Å². The number of ketones is 1. The molecular formula is C12H13NO2. The molecule has 1 aromatic carbocycles. The van der Waals surface area contributed by atoms with E-state index in [1.807, 2.05) is 38.1 Å². The van der Waals surface area contributed by atoms with Crippen LogP contribution in [0.1, 0.15) is 19.7 Å². The van der Waals surface area contributed by atoms with Crippen LogP contribution in [-0.2, 0) is 11.2 Å². The number of benzene rings is 1. The Labute approximate surface area is 88.1 Å². The van der Waals surface area contributed by atoms with Crippen molar-refractivity contribution in [1.82, 2.24) is 4.98 Å². The largest absolute Gasteiger partial charge is 0.440 e. The summed E-state index contributed by atoms with van der Waals surface area (Å²) in [5.74, 6) is 0.691. The highest BCUT2D eigenvalue weighted by Gasteiger charge is 2.12. The molecule has 0 bridgehead atoms. The standard InChI is InChI=1S/C12H13NO2/c1-8(2)10(14)7-12-13-9-5-3-4-6-11(9)15-12/h3-6,8H,7H2,1-2H3.